The minimum Gasteiger partial charge on any atom is -0.462 e. The van der Waals surface area contributed by atoms with Crippen molar-refractivity contribution in [3.8, 4) is 0 Å². The lowest BCUT2D eigenvalue weighted by molar-refractivity contribution is -0.167. The molecule has 0 aromatic rings. The molecule has 0 saturated carbocycles. The second-order valence-electron chi connectivity index (χ2n) is 20.3. The van der Waals surface area contributed by atoms with E-state index < -0.39 is 6.10 Å². The average Bonchev–Trinajstić information content (AvgIpc) is 3.33. The van der Waals surface area contributed by atoms with Crippen molar-refractivity contribution in [3.63, 3.8) is 0 Å². The molecule has 0 rings (SSSR count). The maximum Gasteiger partial charge on any atom is 0.306 e. The number of hydrogen-bond donors (Lipinski definition) is 0. The zero-order valence-electron chi connectivity index (χ0n) is 45.2. The lowest BCUT2D eigenvalue weighted by Gasteiger charge is -2.18. The van der Waals surface area contributed by atoms with Crippen LogP contribution < -0.4 is 0 Å². The zero-order valence-corrected chi connectivity index (χ0v) is 45.2. The van der Waals surface area contributed by atoms with Gasteiger partial charge in [0.05, 0.1) is 0 Å². The fraction of sp³-hybridized carbons (Fsp3) is 0.885. The molecular formula is C61H114O6. The third kappa shape index (κ3) is 54.7. The van der Waals surface area contributed by atoms with Crippen molar-refractivity contribution in [1.82, 2.24) is 0 Å². The Bertz CT molecular complexity index is 1030. The smallest absolute Gasteiger partial charge is 0.306 e. The molecule has 0 aromatic heterocycles. The molecule has 0 aliphatic rings. The third-order valence-corrected chi connectivity index (χ3v) is 13.4. The van der Waals surface area contributed by atoms with Crippen molar-refractivity contribution in [2.45, 2.75) is 335 Å². The van der Waals surface area contributed by atoms with Gasteiger partial charge in [0.15, 0.2) is 6.10 Å². The summed E-state index contributed by atoms with van der Waals surface area (Å²) in [6, 6.07) is 0. The van der Waals surface area contributed by atoms with Crippen molar-refractivity contribution in [2.24, 2.45) is 0 Å². The molecular weight excluding hydrogens is 829 g/mol. The van der Waals surface area contributed by atoms with E-state index in [0.29, 0.717) is 19.3 Å². The first kappa shape index (κ1) is 64.9. The monoisotopic (exact) mass is 943 g/mol. The predicted molar refractivity (Wildman–Crippen MR) is 289 cm³/mol. The van der Waals surface area contributed by atoms with E-state index in [4.69, 9.17) is 14.2 Å². The van der Waals surface area contributed by atoms with Gasteiger partial charge in [-0.05, 0) is 70.6 Å². The van der Waals surface area contributed by atoms with Crippen LogP contribution in [0.1, 0.15) is 329 Å². The van der Waals surface area contributed by atoms with Gasteiger partial charge < -0.3 is 14.2 Å². The van der Waals surface area contributed by atoms with Crippen LogP contribution in [0.3, 0.4) is 0 Å². The van der Waals surface area contributed by atoms with Crippen LogP contribution in [0.15, 0.2) is 24.3 Å². The van der Waals surface area contributed by atoms with Gasteiger partial charge in [-0.1, -0.05) is 263 Å². The van der Waals surface area contributed by atoms with Gasteiger partial charge in [0, 0.05) is 19.3 Å². The van der Waals surface area contributed by atoms with E-state index in [-0.39, 0.29) is 31.1 Å². The lowest BCUT2D eigenvalue weighted by atomic mass is 10.0. The standard InChI is InChI=1S/C61H114O6/c1-4-7-10-13-16-19-22-25-28-29-30-31-34-37-40-43-46-49-52-55-61(64)67-58(56-65-59(62)53-50-47-44-41-38-35-32-26-23-20-17-14-11-8-5-2)57-66-60(63)54-51-48-45-42-39-36-33-27-24-21-18-15-12-9-6-3/h20-21,23-24,58H,4-19,22,25-57H2,1-3H3/b23-20-,24-21-. The summed E-state index contributed by atoms with van der Waals surface area (Å²) in [5.41, 5.74) is 0. The number of rotatable bonds is 55. The highest BCUT2D eigenvalue weighted by atomic mass is 16.6. The summed E-state index contributed by atoms with van der Waals surface area (Å²) in [5, 5.41) is 0. The number of allylic oxidation sites excluding steroid dienone is 4. The average molecular weight is 944 g/mol. The summed E-state index contributed by atoms with van der Waals surface area (Å²) >= 11 is 0. The molecule has 0 atom stereocenters. The maximum atomic E-state index is 12.9. The van der Waals surface area contributed by atoms with Crippen LogP contribution in [-0.2, 0) is 28.6 Å². The Morgan fingerprint density at radius 2 is 0.493 bits per heavy atom. The Labute approximate surface area is 417 Å². The minimum atomic E-state index is -0.771. The van der Waals surface area contributed by atoms with Gasteiger partial charge >= 0.3 is 17.9 Å². The Kier molecular flexibility index (Phi) is 54.7. The fourth-order valence-electron chi connectivity index (χ4n) is 8.91. The van der Waals surface area contributed by atoms with Crippen LogP contribution in [0.25, 0.3) is 0 Å². The van der Waals surface area contributed by atoms with E-state index in [1.807, 2.05) is 0 Å². The largest absolute Gasteiger partial charge is 0.462 e. The lowest BCUT2D eigenvalue weighted by Crippen LogP contribution is -2.30. The minimum absolute atomic E-state index is 0.0705. The normalized spacial score (nSPS) is 11.7. The number of hydrogen-bond acceptors (Lipinski definition) is 6. The Morgan fingerprint density at radius 1 is 0.284 bits per heavy atom. The van der Waals surface area contributed by atoms with Gasteiger partial charge in [0.25, 0.3) is 0 Å². The van der Waals surface area contributed by atoms with E-state index in [9.17, 15) is 14.4 Å². The van der Waals surface area contributed by atoms with Crippen molar-refractivity contribution in [1.29, 1.82) is 0 Å². The molecule has 0 fully saturated rings. The van der Waals surface area contributed by atoms with E-state index in [0.717, 1.165) is 57.8 Å². The second-order valence-corrected chi connectivity index (χ2v) is 20.3. The summed E-state index contributed by atoms with van der Waals surface area (Å²) in [5.74, 6) is -0.857. The Morgan fingerprint density at radius 3 is 0.761 bits per heavy atom. The van der Waals surface area contributed by atoms with E-state index in [1.54, 1.807) is 0 Å². The molecule has 0 aliphatic carbocycles. The molecule has 394 valence electrons. The number of carbonyl (C=O) groups is 3. The highest BCUT2D eigenvalue weighted by molar-refractivity contribution is 5.71. The summed E-state index contributed by atoms with van der Waals surface area (Å²) < 4.78 is 16.9. The van der Waals surface area contributed by atoms with E-state index >= 15 is 0 Å². The maximum absolute atomic E-state index is 12.9. The van der Waals surface area contributed by atoms with E-state index in [1.165, 1.54) is 231 Å². The second kappa shape index (κ2) is 56.5. The molecule has 6 heteroatoms. The highest BCUT2D eigenvalue weighted by Gasteiger charge is 2.19. The van der Waals surface area contributed by atoms with Crippen LogP contribution in [0, 0.1) is 0 Å². The highest BCUT2D eigenvalue weighted by Crippen LogP contribution is 2.17. The molecule has 67 heavy (non-hydrogen) atoms. The first-order valence-electron chi connectivity index (χ1n) is 29.8. The molecule has 0 aliphatic heterocycles. The van der Waals surface area contributed by atoms with Crippen LogP contribution in [-0.4, -0.2) is 37.2 Å². The van der Waals surface area contributed by atoms with Gasteiger partial charge in [-0.3, -0.25) is 14.4 Å². The summed E-state index contributed by atoms with van der Waals surface area (Å²) in [6.45, 7) is 6.66. The first-order chi connectivity index (χ1) is 33.0. The number of esters is 3. The van der Waals surface area contributed by atoms with Crippen molar-refractivity contribution in [2.75, 3.05) is 13.2 Å². The topological polar surface area (TPSA) is 78.9 Å². The molecule has 0 saturated heterocycles. The van der Waals surface area contributed by atoms with Crippen LogP contribution >= 0.6 is 0 Å². The number of ether oxygens (including phenoxy) is 3. The molecule has 0 unspecified atom stereocenters. The van der Waals surface area contributed by atoms with Crippen molar-refractivity contribution in [3.05, 3.63) is 24.3 Å². The van der Waals surface area contributed by atoms with Gasteiger partial charge in [-0.25, -0.2) is 0 Å². The SMILES string of the molecule is CCCCCC/C=C\CCCCCCCCCC(=O)OCC(COC(=O)CCCCCCCCC/C=C\CCCCCC)OC(=O)CCCCCCCCCCCCCCCCCCCCC. The van der Waals surface area contributed by atoms with Crippen LogP contribution in [0.2, 0.25) is 0 Å². The van der Waals surface area contributed by atoms with Gasteiger partial charge in [-0.2, -0.15) is 0 Å². The van der Waals surface area contributed by atoms with Gasteiger partial charge in [-0.15, -0.1) is 0 Å². The third-order valence-electron chi connectivity index (χ3n) is 13.4. The first-order valence-corrected chi connectivity index (χ1v) is 29.8. The number of unbranched alkanes of at least 4 members (excludes halogenated alkanes) is 40. The van der Waals surface area contributed by atoms with Crippen LogP contribution in [0.4, 0.5) is 0 Å². The molecule has 0 bridgehead atoms. The zero-order chi connectivity index (χ0) is 48.6. The summed E-state index contributed by atoms with van der Waals surface area (Å²) in [6.07, 6.45) is 65.9. The molecule has 6 nitrogen and oxygen atoms in total. The predicted octanol–water partition coefficient (Wildman–Crippen LogP) is 19.9. The quantitative estimate of drug-likeness (QED) is 0.0262. The van der Waals surface area contributed by atoms with Crippen molar-refractivity contribution >= 4 is 17.9 Å². The van der Waals surface area contributed by atoms with E-state index in [2.05, 4.69) is 45.1 Å². The molecule has 0 N–H and O–H groups in total. The van der Waals surface area contributed by atoms with Gasteiger partial charge in [0.2, 0.25) is 0 Å². The van der Waals surface area contributed by atoms with Crippen molar-refractivity contribution < 1.29 is 28.6 Å². The Balaban J connectivity index is 4.32. The fourth-order valence-corrected chi connectivity index (χ4v) is 8.91. The Hall–Kier alpha value is -2.11. The summed E-state index contributed by atoms with van der Waals surface area (Å²) in [4.78, 5) is 38.2. The molecule has 0 amide bonds. The molecule has 0 spiro atoms. The summed E-state index contributed by atoms with van der Waals surface area (Å²) in [7, 11) is 0. The van der Waals surface area contributed by atoms with Crippen LogP contribution in [0.5, 0.6) is 0 Å². The molecule has 0 aromatic carbocycles. The molecule has 0 radical (unpaired) electrons. The molecule has 0 heterocycles. The number of carbonyl (C=O) groups excluding carboxylic acids is 3. The van der Waals surface area contributed by atoms with Gasteiger partial charge in [0.1, 0.15) is 13.2 Å².